The second-order valence-electron chi connectivity index (χ2n) is 4.03. The molecule has 0 saturated carbocycles. The predicted molar refractivity (Wildman–Crippen MR) is 70.8 cm³/mol. The van der Waals surface area contributed by atoms with Gasteiger partial charge in [0.25, 0.3) is 0 Å². The maximum Gasteiger partial charge on any atom is 0.247 e. The summed E-state index contributed by atoms with van der Waals surface area (Å²) in [5.74, 6) is -0.0944. The zero-order chi connectivity index (χ0) is 12.8. The van der Waals surface area contributed by atoms with E-state index in [0.717, 1.165) is 6.54 Å². The van der Waals surface area contributed by atoms with Crippen molar-refractivity contribution in [2.24, 2.45) is 4.99 Å². The molecule has 18 heavy (non-hydrogen) atoms. The Morgan fingerprint density at radius 3 is 2.56 bits per heavy atom. The standard InChI is InChI=1S/C15H16N2O/c1-2-15(18)16-14-10-6-7-11-17(14)12-13-8-4-3-5-9-13/h3-11H,2,12H2,1H3. The van der Waals surface area contributed by atoms with Crippen LogP contribution in [0.25, 0.3) is 0 Å². The fourth-order valence-corrected chi connectivity index (χ4v) is 1.69. The molecule has 1 aromatic heterocycles. The van der Waals surface area contributed by atoms with Crippen LogP contribution in [0.15, 0.2) is 59.7 Å². The minimum absolute atomic E-state index is 0.0944. The van der Waals surface area contributed by atoms with Crippen molar-refractivity contribution in [1.29, 1.82) is 0 Å². The van der Waals surface area contributed by atoms with Crippen molar-refractivity contribution < 1.29 is 4.79 Å². The van der Waals surface area contributed by atoms with Gasteiger partial charge >= 0.3 is 0 Å². The fourth-order valence-electron chi connectivity index (χ4n) is 1.69. The molecule has 1 aromatic carbocycles. The third kappa shape index (κ3) is 3.17. The van der Waals surface area contributed by atoms with Gasteiger partial charge in [-0.3, -0.25) is 4.79 Å². The molecule has 3 heteroatoms. The van der Waals surface area contributed by atoms with E-state index in [1.807, 2.05) is 54.1 Å². The van der Waals surface area contributed by atoms with Crippen LogP contribution in [0.5, 0.6) is 0 Å². The smallest absolute Gasteiger partial charge is 0.247 e. The maximum absolute atomic E-state index is 11.4. The Labute approximate surface area is 106 Å². The topological polar surface area (TPSA) is 34.4 Å². The van der Waals surface area contributed by atoms with Gasteiger partial charge in [-0.05, 0) is 17.7 Å². The Balaban J connectivity index is 2.34. The normalized spacial score (nSPS) is 11.5. The lowest BCUT2D eigenvalue weighted by molar-refractivity contribution is -0.117. The number of pyridine rings is 1. The average molecular weight is 240 g/mol. The van der Waals surface area contributed by atoms with Crippen LogP contribution in [-0.4, -0.2) is 10.5 Å². The summed E-state index contributed by atoms with van der Waals surface area (Å²) < 4.78 is 1.98. The van der Waals surface area contributed by atoms with Crippen molar-refractivity contribution in [3.05, 3.63) is 65.8 Å². The van der Waals surface area contributed by atoms with E-state index in [-0.39, 0.29) is 5.91 Å². The van der Waals surface area contributed by atoms with Crippen LogP contribution in [0.1, 0.15) is 18.9 Å². The third-order valence-electron chi connectivity index (χ3n) is 2.65. The molecule has 0 N–H and O–H groups in total. The first-order valence-corrected chi connectivity index (χ1v) is 6.06. The first-order chi connectivity index (χ1) is 8.79. The summed E-state index contributed by atoms with van der Waals surface area (Å²) in [6.07, 6.45) is 2.37. The molecule has 0 saturated heterocycles. The molecule has 0 aliphatic rings. The fraction of sp³-hybridized carbons (Fsp3) is 0.200. The number of nitrogens with zero attached hydrogens (tertiary/aromatic N) is 2. The van der Waals surface area contributed by atoms with E-state index in [1.54, 1.807) is 0 Å². The third-order valence-corrected chi connectivity index (χ3v) is 2.65. The highest BCUT2D eigenvalue weighted by atomic mass is 16.1. The number of benzene rings is 1. The Morgan fingerprint density at radius 1 is 1.11 bits per heavy atom. The number of aromatic nitrogens is 1. The molecular formula is C15H16N2O. The van der Waals surface area contributed by atoms with Gasteiger partial charge in [-0.25, -0.2) is 0 Å². The van der Waals surface area contributed by atoms with Gasteiger partial charge in [-0.1, -0.05) is 43.3 Å². The number of amides is 1. The average Bonchev–Trinajstić information content (AvgIpc) is 2.42. The van der Waals surface area contributed by atoms with E-state index in [9.17, 15) is 4.79 Å². The quantitative estimate of drug-likeness (QED) is 0.811. The van der Waals surface area contributed by atoms with Crippen molar-refractivity contribution >= 4 is 5.91 Å². The molecule has 0 unspecified atom stereocenters. The number of hydrogen-bond acceptors (Lipinski definition) is 1. The van der Waals surface area contributed by atoms with Gasteiger partial charge in [-0.15, -0.1) is 0 Å². The van der Waals surface area contributed by atoms with Crippen molar-refractivity contribution in [3.63, 3.8) is 0 Å². The van der Waals surface area contributed by atoms with Gasteiger partial charge in [0.2, 0.25) is 5.91 Å². The van der Waals surface area contributed by atoms with Gasteiger partial charge < -0.3 is 4.57 Å². The number of hydrogen-bond donors (Lipinski definition) is 0. The summed E-state index contributed by atoms with van der Waals surface area (Å²) in [7, 11) is 0. The highest BCUT2D eigenvalue weighted by Crippen LogP contribution is 2.00. The Bertz CT molecular complexity index is 585. The Morgan fingerprint density at radius 2 is 1.83 bits per heavy atom. The molecule has 0 aliphatic heterocycles. The van der Waals surface area contributed by atoms with Gasteiger partial charge in [0.05, 0.1) is 0 Å². The van der Waals surface area contributed by atoms with Crippen LogP contribution < -0.4 is 5.49 Å². The van der Waals surface area contributed by atoms with Gasteiger partial charge in [0.1, 0.15) is 5.49 Å². The molecule has 0 bridgehead atoms. The molecule has 0 spiro atoms. The Hall–Kier alpha value is -2.16. The zero-order valence-electron chi connectivity index (χ0n) is 10.4. The lowest BCUT2D eigenvalue weighted by Crippen LogP contribution is -2.21. The number of carbonyl (C=O) groups is 1. The van der Waals surface area contributed by atoms with Crippen LogP contribution in [0, 0.1) is 0 Å². The number of rotatable bonds is 3. The highest BCUT2D eigenvalue weighted by molar-refractivity contribution is 5.76. The molecule has 2 aromatic rings. The largest absolute Gasteiger partial charge is 0.329 e. The molecule has 3 nitrogen and oxygen atoms in total. The van der Waals surface area contributed by atoms with E-state index in [0.29, 0.717) is 11.9 Å². The molecule has 1 amide bonds. The molecule has 0 fully saturated rings. The summed E-state index contributed by atoms with van der Waals surface area (Å²) in [4.78, 5) is 15.5. The molecule has 2 rings (SSSR count). The summed E-state index contributed by atoms with van der Waals surface area (Å²) in [6.45, 7) is 2.54. The highest BCUT2D eigenvalue weighted by Gasteiger charge is 1.97. The molecule has 0 aliphatic carbocycles. The lowest BCUT2D eigenvalue weighted by Gasteiger charge is -2.07. The number of carbonyl (C=O) groups excluding carboxylic acids is 1. The second-order valence-corrected chi connectivity index (χ2v) is 4.03. The van der Waals surface area contributed by atoms with Gasteiger partial charge in [0.15, 0.2) is 0 Å². The molecular weight excluding hydrogens is 224 g/mol. The molecule has 92 valence electrons. The van der Waals surface area contributed by atoms with E-state index < -0.39 is 0 Å². The van der Waals surface area contributed by atoms with E-state index in [1.165, 1.54) is 5.56 Å². The van der Waals surface area contributed by atoms with Crippen LogP contribution in [0.4, 0.5) is 0 Å². The van der Waals surface area contributed by atoms with Crippen LogP contribution in [-0.2, 0) is 11.3 Å². The van der Waals surface area contributed by atoms with Gasteiger partial charge in [-0.2, -0.15) is 4.99 Å². The van der Waals surface area contributed by atoms with Crippen molar-refractivity contribution in [2.45, 2.75) is 19.9 Å². The van der Waals surface area contributed by atoms with Gasteiger partial charge in [0, 0.05) is 19.2 Å². The predicted octanol–water partition coefficient (Wildman–Crippen LogP) is 2.37. The summed E-state index contributed by atoms with van der Waals surface area (Å²) in [5, 5.41) is 0. The maximum atomic E-state index is 11.4. The first-order valence-electron chi connectivity index (χ1n) is 6.06. The van der Waals surface area contributed by atoms with Crippen LogP contribution in [0.2, 0.25) is 0 Å². The SMILES string of the molecule is CCC(=O)N=c1ccccn1Cc1ccccc1. The minimum atomic E-state index is -0.0944. The van der Waals surface area contributed by atoms with Crippen molar-refractivity contribution in [3.8, 4) is 0 Å². The molecule has 1 heterocycles. The van der Waals surface area contributed by atoms with E-state index in [2.05, 4.69) is 17.1 Å². The van der Waals surface area contributed by atoms with E-state index in [4.69, 9.17) is 0 Å². The Kier molecular flexibility index (Phi) is 4.07. The van der Waals surface area contributed by atoms with E-state index >= 15 is 0 Å². The summed E-state index contributed by atoms with van der Waals surface area (Å²) in [5.41, 5.74) is 1.89. The summed E-state index contributed by atoms with van der Waals surface area (Å²) >= 11 is 0. The van der Waals surface area contributed by atoms with Crippen LogP contribution >= 0.6 is 0 Å². The minimum Gasteiger partial charge on any atom is -0.329 e. The van der Waals surface area contributed by atoms with Crippen LogP contribution in [0.3, 0.4) is 0 Å². The van der Waals surface area contributed by atoms with Crippen molar-refractivity contribution in [1.82, 2.24) is 4.57 Å². The molecule has 0 atom stereocenters. The second kappa shape index (κ2) is 5.96. The molecule has 0 radical (unpaired) electrons. The van der Waals surface area contributed by atoms with Crippen molar-refractivity contribution in [2.75, 3.05) is 0 Å². The zero-order valence-corrected chi connectivity index (χ0v) is 10.4. The summed E-state index contributed by atoms with van der Waals surface area (Å²) in [6, 6.07) is 15.8. The monoisotopic (exact) mass is 240 g/mol. The lowest BCUT2D eigenvalue weighted by atomic mass is 10.2. The first kappa shape index (κ1) is 12.3.